The van der Waals surface area contributed by atoms with E-state index in [2.05, 4.69) is 20.9 Å². The first-order valence-corrected chi connectivity index (χ1v) is 8.69. The van der Waals surface area contributed by atoms with Crippen molar-refractivity contribution in [2.24, 2.45) is 11.3 Å². The number of aromatic amines is 1. The number of aliphatic carboxylic acids is 1. The molecule has 0 radical (unpaired) electrons. The molecule has 0 spiro atoms. The molecule has 2 atom stereocenters. The van der Waals surface area contributed by atoms with Crippen LogP contribution in [0.2, 0.25) is 0 Å². The Morgan fingerprint density at radius 3 is 2.88 bits per heavy atom. The molecule has 1 aromatic carbocycles. The Labute approximate surface area is 146 Å². The highest BCUT2D eigenvalue weighted by atomic mass is 79.9. The average molecular weight is 393 g/mol. The lowest BCUT2D eigenvalue weighted by Crippen LogP contribution is -2.45. The van der Waals surface area contributed by atoms with Crippen molar-refractivity contribution in [1.82, 2.24) is 9.88 Å². The number of amides is 1. The molecule has 1 aromatic heterocycles. The Hall–Kier alpha value is -1.86. The van der Waals surface area contributed by atoms with Crippen LogP contribution >= 0.6 is 15.9 Å². The topological polar surface area (TPSA) is 82.6 Å². The SMILES string of the molecule is O=C(c1[nH]c2ccccc2c1Br)N1C[C@H]2COCC[C@@]2(C(=O)O)C1. The molecular formula is C17H17BrN2O4. The summed E-state index contributed by atoms with van der Waals surface area (Å²) in [5.74, 6) is -1.16. The number of ether oxygens (including phenoxy) is 1. The fourth-order valence-corrected chi connectivity index (χ4v) is 4.48. The van der Waals surface area contributed by atoms with Crippen LogP contribution < -0.4 is 0 Å². The van der Waals surface area contributed by atoms with Crippen molar-refractivity contribution in [1.29, 1.82) is 0 Å². The van der Waals surface area contributed by atoms with Gasteiger partial charge in [0.05, 0.1) is 16.5 Å². The largest absolute Gasteiger partial charge is 0.481 e. The summed E-state index contributed by atoms with van der Waals surface area (Å²) in [6.07, 6.45) is 0.449. The van der Waals surface area contributed by atoms with Gasteiger partial charge in [0.15, 0.2) is 0 Å². The smallest absolute Gasteiger partial charge is 0.311 e. The normalized spacial score (nSPS) is 26.5. The lowest BCUT2D eigenvalue weighted by atomic mass is 9.74. The molecule has 3 heterocycles. The molecule has 2 fully saturated rings. The fraction of sp³-hybridized carbons (Fsp3) is 0.412. The molecule has 24 heavy (non-hydrogen) atoms. The number of hydrogen-bond acceptors (Lipinski definition) is 3. The second kappa shape index (κ2) is 5.60. The first-order chi connectivity index (χ1) is 11.5. The molecule has 2 N–H and O–H groups in total. The van der Waals surface area contributed by atoms with E-state index in [-0.39, 0.29) is 18.4 Å². The summed E-state index contributed by atoms with van der Waals surface area (Å²) < 4.78 is 6.17. The lowest BCUT2D eigenvalue weighted by molar-refractivity contribution is -0.157. The van der Waals surface area contributed by atoms with E-state index < -0.39 is 11.4 Å². The van der Waals surface area contributed by atoms with Crippen molar-refractivity contribution >= 4 is 38.7 Å². The minimum absolute atomic E-state index is 0.157. The number of H-pyrrole nitrogens is 1. The van der Waals surface area contributed by atoms with Gasteiger partial charge in [0.1, 0.15) is 5.69 Å². The van der Waals surface area contributed by atoms with Crippen LogP contribution in [0, 0.1) is 11.3 Å². The van der Waals surface area contributed by atoms with Gasteiger partial charge < -0.3 is 19.7 Å². The van der Waals surface area contributed by atoms with Gasteiger partial charge in [-0.15, -0.1) is 0 Å². The molecule has 0 bridgehead atoms. The van der Waals surface area contributed by atoms with E-state index in [4.69, 9.17) is 4.74 Å². The fourth-order valence-electron chi connectivity index (χ4n) is 3.87. The summed E-state index contributed by atoms with van der Waals surface area (Å²) in [6.45, 7) is 1.47. The molecule has 4 rings (SSSR count). The van der Waals surface area contributed by atoms with Gasteiger partial charge in [0, 0.05) is 36.5 Å². The number of carbonyl (C=O) groups is 2. The van der Waals surface area contributed by atoms with E-state index >= 15 is 0 Å². The van der Waals surface area contributed by atoms with Crippen LogP contribution in [0.1, 0.15) is 16.9 Å². The summed E-state index contributed by atoms with van der Waals surface area (Å²) in [4.78, 5) is 29.6. The van der Waals surface area contributed by atoms with Crippen molar-refractivity contribution < 1.29 is 19.4 Å². The maximum atomic E-state index is 13.0. The molecule has 2 aliphatic heterocycles. The molecule has 2 saturated heterocycles. The average Bonchev–Trinajstić information content (AvgIpc) is 3.14. The maximum Gasteiger partial charge on any atom is 0.311 e. The summed E-state index contributed by atoms with van der Waals surface area (Å²) in [5, 5.41) is 10.7. The van der Waals surface area contributed by atoms with E-state index in [0.29, 0.717) is 31.9 Å². The number of carbonyl (C=O) groups excluding carboxylic acids is 1. The second-order valence-corrected chi connectivity index (χ2v) is 7.32. The number of nitrogens with zero attached hydrogens (tertiary/aromatic N) is 1. The molecule has 0 aliphatic carbocycles. The van der Waals surface area contributed by atoms with E-state index in [1.807, 2.05) is 24.3 Å². The summed E-state index contributed by atoms with van der Waals surface area (Å²) in [5.41, 5.74) is 0.462. The van der Waals surface area contributed by atoms with E-state index in [1.54, 1.807) is 4.90 Å². The zero-order valence-electron chi connectivity index (χ0n) is 12.9. The van der Waals surface area contributed by atoms with Crippen LogP contribution in [0.15, 0.2) is 28.7 Å². The predicted molar refractivity (Wildman–Crippen MR) is 90.9 cm³/mol. The first kappa shape index (κ1) is 15.7. The summed E-state index contributed by atoms with van der Waals surface area (Å²) in [7, 11) is 0. The third kappa shape index (κ3) is 2.18. The molecule has 2 aliphatic rings. The Morgan fingerprint density at radius 1 is 1.38 bits per heavy atom. The number of likely N-dealkylation sites (tertiary alicyclic amines) is 1. The molecule has 0 unspecified atom stereocenters. The van der Waals surface area contributed by atoms with Crippen LogP contribution in [-0.2, 0) is 9.53 Å². The molecule has 7 heteroatoms. The highest BCUT2D eigenvalue weighted by Gasteiger charge is 2.55. The number of aromatic nitrogens is 1. The number of halogens is 1. The number of benzene rings is 1. The van der Waals surface area contributed by atoms with Gasteiger partial charge in [-0.3, -0.25) is 9.59 Å². The Kier molecular flexibility index (Phi) is 3.65. The quantitative estimate of drug-likeness (QED) is 0.822. The number of carboxylic acid groups (broad SMARTS) is 1. The van der Waals surface area contributed by atoms with E-state index in [0.717, 1.165) is 15.4 Å². The van der Waals surface area contributed by atoms with Gasteiger partial charge in [-0.1, -0.05) is 18.2 Å². The van der Waals surface area contributed by atoms with Crippen molar-refractivity contribution in [2.45, 2.75) is 6.42 Å². The summed E-state index contributed by atoms with van der Waals surface area (Å²) in [6, 6.07) is 7.66. The second-order valence-electron chi connectivity index (χ2n) is 6.53. The van der Waals surface area contributed by atoms with Gasteiger partial charge in [-0.25, -0.2) is 0 Å². The van der Waals surface area contributed by atoms with Gasteiger partial charge in [0.25, 0.3) is 5.91 Å². The zero-order chi connectivity index (χ0) is 16.9. The molecule has 6 nitrogen and oxygen atoms in total. The number of fused-ring (bicyclic) bond motifs is 2. The summed E-state index contributed by atoms with van der Waals surface area (Å²) >= 11 is 3.50. The predicted octanol–water partition coefficient (Wildman–Crippen LogP) is 2.49. The van der Waals surface area contributed by atoms with Crippen LogP contribution in [0.5, 0.6) is 0 Å². The van der Waals surface area contributed by atoms with Gasteiger partial charge in [-0.2, -0.15) is 0 Å². The number of hydrogen-bond donors (Lipinski definition) is 2. The van der Waals surface area contributed by atoms with E-state index in [1.165, 1.54) is 0 Å². The lowest BCUT2D eigenvalue weighted by Gasteiger charge is -2.33. The van der Waals surface area contributed by atoms with Crippen molar-refractivity contribution in [3.05, 3.63) is 34.4 Å². The minimum Gasteiger partial charge on any atom is -0.481 e. The van der Waals surface area contributed by atoms with Gasteiger partial charge in [-0.05, 0) is 28.4 Å². The number of rotatable bonds is 2. The van der Waals surface area contributed by atoms with Gasteiger partial charge >= 0.3 is 5.97 Å². The highest BCUT2D eigenvalue weighted by Crippen LogP contribution is 2.43. The molecular weight excluding hydrogens is 376 g/mol. The Balaban J connectivity index is 1.67. The monoisotopic (exact) mass is 392 g/mol. The molecule has 1 amide bonds. The zero-order valence-corrected chi connectivity index (χ0v) is 14.5. The standard InChI is InChI=1S/C17H17BrN2O4/c18-13-11-3-1-2-4-12(11)19-14(13)15(21)20-7-10-8-24-6-5-17(10,9-20)16(22)23/h1-4,10,19H,5-9H2,(H,22,23)/t10-,17+/m0/s1. The van der Waals surface area contributed by atoms with Crippen molar-refractivity contribution in [3.8, 4) is 0 Å². The van der Waals surface area contributed by atoms with Crippen molar-refractivity contribution in [2.75, 3.05) is 26.3 Å². The highest BCUT2D eigenvalue weighted by molar-refractivity contribution is 9.10. The Bertz CT molecular complexity index is 833. The van der Waals surface area contributed by atoms with Gasteiger partial charge in [0.2, 0.25) is 0 Å². The number of para-hydroxylation sites is 1. The van der Waals surface area contributed by atoms with Crippen molar-refractivity contribution in [3.63, 3.8) is 0 Å². The molecule has 126 valence electrons. The van der Waals surface area contributed by atoms with Crippen LogP contribution in [-0.4, -0.2) is 53.2 Å². The number of carboxylic acids is 1. The number of nitrogens with one attached hydrogen (secondary N) is 1. The minimum atomic E-state index is -0.883. The third-order valence-corrected chi connectivity index (χ3v) is 6.10. The third-order valence-electron chi connectivity index (χ3n) is 5.28. The van der Waals surface area contributed by atoms with Crippen LogP contribution in [0.25, 0.3) is 10.9 Å². The first-order valence-electron chi connectivity index (χ1n) is 7.89. The Morgan fingerprint density at radius 2 is 2.17 bits per heavy atom. The molecule has 0 saturated carbocycles. The van der Waals surface area contributed by atoms with E-state index in [9.17, 15) is 14.7 Å². The molecule has 2 aromatic rings. The maximum absolute atomic E-state index is 13.0. The van der Waals surface area contributed by atoms with Crippen LogP contribution in [0.4, 0.5) is 0 Å². The van der Waals surface area contributed by atoms with Crippen LogP contribution in [0.3, 0.4) is 0 Å².